The third-order valence-corrected chi connectivity index (χ3v) is 5.51. The van der Waals surface area contributed by atoms with Crippen molar-refractivity contribution in [2.75, 3.05) is 59.4 Å². The molecule has 1 aliphatic rings. The Bertz CT molecular complexity index is 324. The molecule has 0 aromatic carbocycles. The highest BCUT2D eigenvalue weighted by Gasteiger charge is 2.24. The van der Waals surface area contributed by atoms with E-state index < -0.39 is 10.2 Å². The van der Waals surface area contributed by atoms with Crippen LogP contribution in [0.3, 0.4) is 0 Å². The number of nitrogens with zero attached hydrogens (tertiary/aromatic N) is 3. The molecule has 108 valence electrons. The molecule has 18 heavy (non-hydrogen) atoms. The molecule has 0 amide bonds. The van der Waals surface area contributed by atoms with Gasteiger partial charge < -0.3 is 5.32 Å². The van der Waals surface area contributed by atoms with Crippen molar-refractivity contribution in [1.29, 1.82) is 0 Å². The lowest BCUT2D eigenvalue weighted by atomic mass is 10.3. The van der Waals surface area contributed by atoms with Crippen molar-refractivity contribution in [3.8, 4) is 0 Å². The van der Waals surface area contributed by atoms with Crippen LogP contribution in [0.1, 0.15) is 13.8 Å². The quantitative estimate of drug-likeness (QED) is 0.676. The number of rotatable bonds is 7. The van der Waals surface area contributed by atoms with Gasteiger partial charge in [0.2, 0.25) is 0 Å². The average Bonchev–Trinajstić information content (AvgIpc) is 2.38. The van der Waals surface area contributed by atoms with E-state index in [4.69, 9.17) is 0 Å². The predicted molar refractivity (Wildman–Crippen MR) is 73.8 cm³/mol. The van der Waals surface area contributed by atoms with Crippen molar-refractivity contribution in [2.45, 2.75) is 13.8 Å². The zero-order valence-electron chi connectivity index (χ0n) is 11.7. The third-order valence-electron chi connectivity index (χ3n) is 3.37. The number of piperazine rings is 1. The van der Waals surface area contributed by atoms with Gasteiger partial charge in [0.1, 0.15) is 0 Å². The molecule has 6 nitrogen and oxygen atoms in total. The number of hydrogen-bond donors (Lipinski definition) is 1. The fourth-order valence-electron chi connectivity index (χ4n) is 2.08. The summed E-state index contributed by atoms with van der Waals surface area (Å²) in [5, 5.41) is 3.29. The second-order valence-electron chi connectivity index (χ2n) is 4.51. The summed E-state index contributed by atoms with van der Waals surface area (Å²) >= 11 is 0. The lowest BCUT2D eigenvalue weighted by Crippen LogP contribution is -2.48. The van der Waals surface area contributed by atoms with Crippen LogP contribution in [0.5, 0.6) is 0 Å². The monoisotopic (exact) mass is 278 g/mol. The molecule has 1 fully saturated rings. The van der Waals surface area contributed by atoms with Gasteiger partial charge in [0.15, 0.2) is 0 Å². The fourth-order valence-corrected chi connectivity index (χ4v) is 3.44. The minimum atomic E-state index is -3.28. The summed E-state index contributed by atoms with van der Waals surface area (Å²) in [6.07, 6.45) is 0. The van der Waals surface area contributed by atoms with Gasteiger partial charge in [0.25, 0.3) is 10.2 Å². The van der Waals surface area contributed by atoms with Crippen LogP contribution in [-0.2, 0) is 10.2 Å². The standard InChI is InChI=1S/C11H26N4O2S/c1-4-15(5-2)18(16,17)13(3)10-11-14-8-6-12-7-9-14/h12H,4-11H2,1-3H3. The van der Waals surface area contributed by atoms with Gasteiger partial charge >= 0.3 is 0 Å². The van der Waals surface area contributed by atoms with Crippen LogP contribution in [-0.4, -0.2) is 81.3 Å². The highest BCUT2D eigenvalue weighted by atomic mass is 32.2. The smallest absolute Gasteiger partial charge is 0.281 e. The molecule has 0 radical (unpaired) electrons. The normalized spacial score (nSPS) is 18.7. The Labute approximate surface area is 111 Å². The maximum Gasteiger partial charge on any atom is 0.281 e. The summed E-state index contributed by atoms with van der Waals surface area (Å²) in [7, 11) is -1.62. The van der Waals surface area contributed by atoms with Crippen LogP contribution < -0.4 is 5.32 Å². The fraction of sp³-hybridized carbons (Fsp3) is 1.00. The zero-order chi connectivity index (χ0) is 13.6. The van der Waals surface area contributed by atoms with Crippen LogP contribution in [0.25, 0.3) is 0 Å². The molecule has 0 bridgehead atoms. The van der Waals surface area contributed by atoms with E-state index >= 15 is 0 Å². The van der Waals surface area contributed by atoms with Crippen LogP contribution >= 0.6 is 0 Å². The molecule has 1 heterocycles. The topological polar surface area (TPSA) is 55.9 Å². The predicted octanol–water partition coefficient (Wildman–Crippen LogP) is -0.590. The average molecular weight is 278 g/mol. The number of hydrogen-bond acceptors (Lipinski definition) is 4. The summed E-state index contributed by atoms with van der Waals surface area (Å²) in [6, 6.07) is 0. The Hall–Kier alpha value is -0.210. The molecule has 0 saturated carbocycles. The first-order valence-corrected chi connectivity index (χ1v) is 8.06. The summed E-state index contributed by atoms with van der Waals surface area (Å²) in [6.45, 7) is 10.1. The molecular weight excluding hydrogens is 252 g/mol. The maximum atomic E-state index is 12.2. The molecule has 1 rings (SSSR count). The van der Waals surface area contributed by atoms with E-state index in [1.807, 2.05) is 13.8 Å². The minimum absolute atomic E-state index is 0.525. The minimum Gasteiger partial charge on any atom is -0.314 e. The maximum absolute atomic E-state index is 12.2. The number of nitrogens with one attached hydrogen (secondary N) is 1. The van der Waals surface area contributed by atoms with Crippen molar-refractivity contribution < 1.29 is 8.42 Å². The van der Waals surface area contributed by atoms with E-state index in [1.54, 1.807) is 7.05 Å². The molecule has 0 aromatic heterocycles. The first-order chi connectivity index (χ1) is 8.52. The molecule has 0 spiro atoms. The van der Waals surface area contributed by atoms with E-state index in [2.05, 4.69) is 10.2 Å². The Morgan fingerprint density at radius 3 is 2.22 bits per heavy atom. The van der Waals surface area contributed by atoms with Gasteiger partial charge in [-0.2, -0.15) is 17.0 Å². The Morgan fingerprint density at radius 2 is 1.72 bits per heavy atom. The van der Waals surface area contributed by atoms with E-state index in [0.29, 0.717) is 19.6 Å². The lowest BCUT2D eigenvalue weighted by Gasteiger charge is -2.30. The van der Waals surface area contributed by atoms with E-state index in [-0.39, 0.29) is 0 Å². The molecule has 1 N–H and O–H groups in total. The van der Waals surface area contributed by atoms with Crippen LogP contribution in [0.2, 0.25) is 0 Å². The highest BCUT2D eigenvalue weighted by molar-refractivity contribution is 7.86. The molecule has 0 atom stereocenters. The van der Waals surface area contributed by atoms with E-state index in [9.17, 15) is 8.42 Å². The van der Waals surface area contributed by atoms with Crippen LogP contribution in [0.15, 0.2) is 0 Å². The number of likely N-dealkylation sites (N-methyl/N-ethyl adjacent to an activating group) is 1. The Kier molecular flexibility index (Phi) is 6.51. The molecule has 1 aliphatic heterocycles. The summed E-state index contributed by atoms with van der Waals surface area (Å²) in [5.74, 6) is 0. The molecule has 0 aliphatic carbocycles. The van der Waals surface area contributed by atoms with Gasteiger partial charge in [0, 0.05) is 59.4 Å². The van der Waals surface area contributed by atoms with E-state index in [0.717, 1.165) is 32.7 Å². The highest BCUT2D eigenvalue weighted by Crippen LogP contribution is 2.06. The van der Waals surface area contributed by atoms with Crippen LogP contribution in [0.4, 0.5) is 0 Å². The van der Waals surface area contributed by atoms with Gasteiger partial charge in [0.05, 0.1) is 0 Å². The zero-order valence-corrected chi connectivity index (χ0v) is 12.5. The van der Waals surface area contributed by atoms with Crippen molar-refractivity contribution in [3.05, 3.63) is 0 Å². The van der Waals surface area contributed by atoms with Gasteiger partial charge in [-0.25, -0.2) is 0 Å². The lowest BCUT2D eigenvalue weighted by molar-refractivity contribution is 0.226. The van der Waals surface area contributed by atoms with Crippen molar-refractivity contribution in [3.63, 3.8) is 0 Å². The Morgan fingerprint density at radius 1 is 1.17 bits per heavy atom. The second kappa shape index (κ2) is 7.40. The van der Waals surface area contributed by atoms with E-state index in [1.165, 1.54) is 8.61 Å². The molecular formula is C11H26N4O2S. The van der Waals surface area contributed by atoms with Gasteiger partial charge in [-0.15, -0.1) is 0 Å². The van der Waals surface area contributed by atoms with Crippen molar-refractivity contribution in [2.24, 2.45) is 0 Å². The molecule has 0 aromatic rings. The molecule has 1 saturated heterocycles. The SMILES string of the molecule is CCN(CC)S(=O)(=O)N(C)CCN1CCNCC1. The summed E-state index contributed by atoms with van der Waals surface area (Å²) < 4.78 is 27.3. The van der Waals surface area contributed by atoms with Crippen molar-refractivity contribution in [1.82, 2.24) is 18.8 Å². The first-order valence-electron chi connectivity index (χ1n) is 6.66. The summed E-state index contributed by atoms with van der Waals surface area (Å²) in [4.78, 5) is 2.30. The second-order valence-corrected chi connectivity index (χ2v) is 6.54. The summed E-state index contributed by atoms with van der Waals surface area (Å²) in [5.41, 5.74) is 0. The largest absolute Gasteiger partial charge is 0.314 e. The van der Waals surface area contributed by atoms with Crippen molar-refractivity contribution >= 4 is 10.2 Å². The molecule has 0 unspecified atom stereocenters. The van der Waals surface area contributed by atoms with Gasteiger partial charge in [-0.1, -0.05) is 13.8 Å². The third kappa shape index (κ3) is 4.17. The van der Waals surface area contributed by atoms with Crippen LogP contribution in [0, 0.1) is 0 Å². The first kappa shape index (κ1) is 15.8. The molecule has 7 heteroatoms. The van der Waals surface area contributed by atoms with Gasteiger partial charge in [-0.05, 0) is 0 Å². The Balaban J connectivity index is 2.45. The van der Waals surface area contributed by atoms with Gasteiger partial charge in [-0.3, -0.25) is 4.90 Å².